The fourth-order valence-corrected chi connectivity index (χ4v) is 1.47. The summed E-state index contributed by atoms with van der Waals surface area (Å²) in [7, 11) is 0. The van der Waals surface area contributed by atoms with E-state index in [1.165, 1.54) is 5.56 Å². The molecule has 0 heterocycles. The molecule has 1 aromatic carbocycles. The van der Waals surface area contributed by atoms with Gasteiger partial charge in [-0.3, -0.25) is 4.79 Å². The highest BCUT2D eigenvalue weighted by atomic mass is 16.4. The van der Waals surface area contributed by atoms with E-state index in [9.17, 15) is 4.79 Å². The summed E-state index contributed by atoms with van der Waals surface area (Å²) in [4.78, 5) is 10.5. The van der Waals surface area contributed by atoms with E-state index in [4.69, 9.17) is 5.11 Å². The zero-order valence-corrected chi connectivity index (χ0v) is 9.37. The van der Waals surface area contributed by atoms with Crippen LogP contribution in [0.15, 0.2) is 18.2 Å². The largest absolute Gasteiger partial charge is 0.481 e. The molecule has 82 valence electrons. The topological polar surface area (TPSA) is 49.3 Å². The highest BCUT2D eigenvalue weighted by Crippen LogP contribution is 2.17. The number of aliphatic carboxylic acids is 1. The van der Waals surface area contributed by atoms with Crippen LogP contribution in [0.2, 0.25) is 0 Å². The second-order valence-electron chi connectivity index (χ2n) is 3.96. The van der Waals surface area contributed by atoms with Crippen molar-refractivity contribution >= 4 is 11.7 Å². The van der Waals surface area contributed by atoms with Crippen LogP contribution >= 0.6 is 0 Å². The first-order valence-corrected chi connectivity index (χ1v) is 5.04. The van der Waals surface area contributed by atoms with E-state index in [1.54, 1.807) is 0 Å². The first-order valence-electron chi connectivity index (χ1n) is 5.04. The molecule has 0 radical (unpaired) electrons. The molecule has 3 nitrogen and oxygen atoms in total. The summed E-state index contributed by atoms with van der Waals surface area (Å²) in [6.07, 6.45) is 0.132. The summed E-state index contributed by atoms with van der Waals surface area (Å²) >= 11 is 0. The van der Waals surface area contributed by atoms with Crippen molar-refractivity contribution in [3.8, 4) is 0 Å². The van der Waals surface area contributed by atoms with Gasteiger partial charge in [-0.2, -0.15) is 0 Å². The predicted molar refractivity (Wildman–Crippen MR) is 61.3 cm³/mol. The van der Waals surface area contributed by atoms with Crippen LogP contribution in [-0.2, 0) is 4.79 Å². The van der Waals surface area contributed by atoms with Crippen LogP contribution in [0.1, 0.15) is 24.5 Å². The second-order valence-corrected chi connectivity index (χ2v) is 3.96. The van der Waals surface area contributed by atoms with Crippen LogP contribution in [0, 0.1) is 13.8 Å². The maximum absolute atomic E-state index is 10.5. The first-order chi connectivity index (χ1) is 6.99. The molecule has 15 heavy (non-hydrogen) atoms. The number of hydrogen-bond acceptors (Lipinski definition) is 2. The number of carboxylic acids is 1. The summed E-state index contributed by atoms with van der Waals surface area (Å²) in [5.74, 6) is -0.777. The molecular weight excluding hydrogens is 190 g/mol. The monoisotopic (exact) mass is 207 g/mol. The van der Waals surface area contributed by atoms with E-state index in [0.717, 1.165) is 11.3 Å². The SMILES string of the molecule is Cc1ccc(C)c(NC(C)CC(=O)O)c1. The van der Waals surface area contributed by atoms with E-state index < -0.39 is 5.97 Å². The number of carboxylic acid groups (broad SMARTS) is 1. The molecule has 0 aliphatic rings. The van der Waals surface area contributed by atoms with Crippen molar-refractivity contribution in [2.75, 3.05) is 5.32 Å². The maximum Gasteiger partial charge on any atom is 0.305 e. The quantitative estimate of drug-likeness (QED) is 0.797. The van der Waals surface area contributed by atoms with Gasteiger partial charge in [0.05, 0.1) is 6.42 Å². The molecule has 0 aromatic heterocycles. The molecular formula is C12H17NO2. The van der Waals surface area contributed by atoms with Crippen molar-refractivity contribution in [1.82, 2.24) is 0 Å². The molecule has 0 aliphatic carbocycles. The second kappa shape index (κ2) is 4.82. The molecule has 0 amide bonds. The van der Waals surface area contributed by atoms with Crippen molar-refractivity contribution in [3.63, 3.8) is 0 Å². The molecule has 1 rings (SSSR count). The van der Waals surface area contributed by atoms with E-state index in [1.807, 2.05) is 39.0 Å². The fraction of sp³-hybridized carbons (Fsp3) is 0.417. The number of carbonyl (C=O) groups is 1. The number of hydrogen-bond donors (Lipinski definition) is 2. The summed E-state index contributed by atoms with van der Waals surface area (Å²) in [5.41, 5.74) is 3.33. The minimum Gasteiger partial charge on any atom is -0.481 e. The third-order valence-electron chi connectivity index (χ3n) is 2.28. The van der Waals surface area contributed by atoms with E-state index in [2.05, 4.69) is 5.32 Å². The molecule has 1 atom stereocenters. The Bertz CT molecular complexity index is 361. The molecule has 0 spiro atoms. The Balaban J connectivity index is 2.71. The molecule has 2 N–H and O–H groups in total. The Morgan fingerprint density at radius 3 is 2.73 bits per heavy atom. The minimum atomic E-state index is -0.777. The van der Waals surface area contributed by atoms with Crippen molar-refractivity contribution in [3.05, 3.63) is 29.3 Å². The van der Waals surface area contributed by atoms with Gasteiger partial charge in [-0.1, -0.05) is 12.1 Å². The molecule has 1 unspecified atom stereocenters. The van der Waals surface area contributed by atoms with E-state index in [0.29, 0.717) is 0 Å². The molecule has 1 aromatic rings. The number of benzene rings is 1. The van der Waals surface area contributed by atoms with Crippen LogP contribution in [0.4, 0.5) is 5.69 Å². The van der Waals surface area contributed by atoms with Crippen molar-refractivity contribution in [1.29, 1.82) is 0 Å². The maximum atomic E-state index is 10.5. The van der Waals surface area contributed by atoms with Crippen molar-refractivity contribution < 1.29 is 9.90 Å². The minimum absolute atomic E-state index is 0.0528. The Hall–Kier alpha value is -1.51. The van der Waals surface area contributed by atoms with Gasteiger partial charge in [0, 0.05) is 11.7 Å². The smallest absolute Gasteiger partial charge is 0.305 e. The van der Waals surface area contributed by atoms with Gasteiger partial charge in [0.15, 0.2) is 0 Å². The van der Waals surface area contributed by atoms with Crippen LogP contribution in [0.25, 0.3) is 0 Å². The third-order valence-corrected chi connectivity index (χ3v) is 2.28. The Labute approximate surface area is 90.1 Å². The lowest BCUT2D eigenvalue weighted by atomic mass is 10.1. The van der Waals surface area contributed by atoms with Gasteiger partial charge in [-0.25, -0.2) is 0 Å². The van der Waals surface area contributed by atoms with Crippen molar-refractivity contribution in [2.24, 2.45) is 0 Å². The molecule has 0 bridgehead atoms. The average molecular weight is 207 g/mol. The summed E-state index contributed by atoms with van der Waals surface area (Å²) in [6, 6.07) is 6.06. The Kier molecular flexibility index (Phi) is 3.72. The van der Waals surface area contributed by atoms with Gasteiger partial charge in [0.1, 0.15) is 0 Å². The molecule has 3 heteroatoms. The van der Waals surface area contributed by atoms with Gasteiger partial charge in [0.2, 0.25) is 0 Å². The normalized spacial score (nSPS) is 12.2. The van der Waals surface area contributed by atoms with Crippen molar-refractivity contribution in [2.45, 2.75) is 33.2 Å². The lowest BCUT2D eigenvalue weighted by Crippen LogP contribution is -2.19. The number of anilines is 1. The highest BCUT2D eigenvalue weighted by molar-refractivity contribution is 5.68. The van der Waals surface area contributed by atoms with E-state index in [-0.39, 0.29) is 12.5 Å². The van der Waals surface area contributed by atoms with Crippen LogP contribution in [0.5, 0.6) is 0 Å². The number of rotatable bonds is 4. The van der Waals surface area contributed by atoms with Gasteiger partial charge in [-0.05, 0) is 38.0 Å². The Morgan fingerprint density at radius 2 is 2.13 bits per heavy atom. The zero-order valence-electron chi connectivity index (χ0n) is 9.37. The van der Waals surface area contributed by atoms with Gasteiger partial charge in [0.25, 0.3) is 0 Å². The molecule has 0 fully saturated rings. The van der Waals surface area contributed by atoms with Crippen LogP contribution < -0.4 is 5.32 Å². The highest BCUT2D eigenvalue weighted by Gasteiger charge is 2.08. The fourth-order valence-electron chi connectivity index (χ4n) is 1.47. The van der Waals surface area contributed by atoms with E-state index >= 15 is 0 Å². The Morgan fingerprint density at radius 1 is 1.47 bits per heavy atom. The summed E-state index contributed by atoms with van der Waals surface area (Å²) in [5, 5.41) is 11.8. The first kappa shape index (κ1) is 11.6. The lowest BCUT2D eigenvalue weighted by Gasteiger charge is -2.15. The third kappa shape index (κ3) is 3.62. The molecule has 0 aliphatic heterocycles. The summed E-state index contributed by atoms with van der Waals surface area (Å²) in [6.45, 7) is 5.90. The standard InChI is InChI=1S/C12H17NO2/c1-8-4-5-9(2)11(6-8)13-10(3)7-12(14)15/h4-6,10,13H,7H2,1-3H3,(H,14,15). The lowest BCUT2D eigenvalue weighted by molar-refractivity contribution is -0.137. The van der Waals surface area contributed by atoms with Crippen LogP contribution in [0.3, 0.4) is 0 Å². The molecule has 0 saturated heterocycles. The zero-order chi connectivity index (χ0) is 11.4. The average Bonchev–Trinajstić information content (AvgIpc) is 2.10. The van der Waals surface area contributed by atoms with Gasteiger partial charge >= 0.3 is 5.97 Å². The predicted octanol–water partition coefficient (Wildman–Crippen LogP) is 2.58. The molecule has 0 saturated carbocycles. The number of aryl methyl sites for hydroxylation is 2. The number of nitrogens with one attached hydrogen (secondary N) is 1. The summed E-state index contributed by atoms with van der Waals surface area (Å²) < 4.78 is 0. The van der Waals surface area contributed by atoms with Crippen LogP contribution in [-0.4, -0.2) is 17.1 Å². The van der Waals surface area contributed by atoms with Gasteiger partial charge in [-0.15, -0.1) is 0 Å². The van der Waals surface area contributed by atoms with Gasteiger partial charge < -0.3 is 10.4 Å².